The molecule has 0 spiro atoms. The molecule has 1 saturated carbocycles. The minimum absolute atomic E-state index is 0.285. The third-order valence-corrected chi connectivity index (χ3v) is 4.25. The van der Waals surface area contributed by atoms with Crippen LogP contribution in [0.25, 0.3) is 0 Å². The molecule has 1 heterocycles. The summed E-state index contributed by atoms with van der Waals surface area (Å²) in [6.07, 6.45) is 3.30. The number of aryl methyl sites for hydroxylation is 1. The summed E-state index contributed by atoms with van der Waals surface area (Å²) in [7, 11) is 0. The van der Waals surface area contributed by atoms with Crippen LogP contribution in [0.4, 0.5) is 0 Å². The lowest BCUT2D eigenvalue weighted by Crippen LogP contribution is -2.11. The van der Waals surface area contributed by atoms with Crippen LogP contribution in [-0.2, 0) is 0 Å². The van der Waals surface area contributed by atoms with Gasteiger partial charge >= 0.3 is 0 Å². The summed E-state index contributed by atoms with van der Waals surface area (Å²) in [4.78, 5) is 5.46. The summed E-state index contributed by atoms with van der Waals surface area (Å²) < 4.78 is 0. The monoisotopic (exact) mass is 212 g/mol. The Balaban J connectivity index is 2.20. The van der Waals surface area contributed by atoms with Crippen molar-refractivity contribution in [3.8, 4) is 0 Å². The number of aliphatic hydroxyl groups is 1. The highest BCUT2D eigenvalue weighted by molar-refractivity contribution is 7.11. The summed E-state index contributed by atoms with van der Waals surface area (Å²) >= 11 is 1.63. The van der Waals surface area contributed by atoms with Gasteiger partial charge in [0.1, 0.15) is 6.10 Å². The molecule has 14 heavy (non-hydrogen) atoms. The van der Waals surface area contributed by atoms with Crippen LogP contribution in [0.2, 0.25) is 0 Å². The van der Waals surface area contributed by atoms with Gasteiger partial charge in [-0.3, -0.25) is 0 Å². The smallest absolute Gasteiger partial charge is 0.102 e. The molecular formula is C10H16N2OS. The Bertz CT molecular complexity index is 320. The zero-order valence-electron chi connectivity index (χ0n) is 8.36. The van der Waals surface area contributed by atoms with Crippen molar-refractivity contribution in [3.63, 3.8) is 0 Å². The van der Waals surface area contributed by atoms with E-state index in [1.807, 2.05) is 6.92 Å². The van der Waals surface area contributed by atoms with E-state index in [9.17, 15) is 5.11 Å². The third-order valence-electron chi connectivity index (χ3n) is 2.83. The lowest BCUT2D eigenvalue weighted by molar-refractivity contribution is 0.189. The minimum atomic E-state index is -0.527. The lowest BCUT2D eigenvalue weighted by Gasteiger charge is -2.22. The fourth-order valence-electron chi connectivity index (χ4n) is 1.68. The van der Waals surface area contributed by atoms with Gasteiger partial charge < -0.3 is 10.8 Å². The van der Waals surface area contributed by atoms with Crippen LogP contribution < -0.4 is 5.73 Å². The predicted octanol–water partition coefficient (Wildman–Crippen LogP) is 1.71. The van der Waals surface area contributed by atoms with Crippen molar-refractivity contribution in [2.24, 2.45) is 5.73 Å². The zero-order valence-corrected chi connectivity index (χ0v) is 9.18. The fraction of sp³-hybridized carbons (Fsp3) is 0.700. The van der Waals surface area contributed by atoms with Gasteiger partial charge in [-0.25, -0.2) is 4.98 Å². The van der Waals surface area contributed by atoms with E-state index in [1.54, 1.807) is 11.3 Å². The molecule has 1 aliphatic rings. The second kappa shape index (κ2) is 3.96. The normalized spacial score (nSPS) is 19.4. The van der Waals surface area contributed by atoms with Crippen LogP contribution in [-0.4, -0.2) is 16.6 Å². The lowest BCUT2D eigenvalue weighted by atomic mass is 9.86. The molecule has 3 N–H and O–H groups in total. The Morgan fingerprint density at radius 1 is 1.64 bits per heavy atom. The van der Waals surface area contributed by atoms with Gasteiger partial charge in [0.25, 0.3) is 0 Å². The van der Waals surface area contributed by atoms with Crippen LogP contribution in [0.1, 0.15) is 46.9 Å². The van der Waals surface area contributed by atoms with E-state index in [1.165, 1.54) is 24.3 Å². The first-order chi connectivity index (χ1) is 6.72. The number of thiazole rings is 1. The Morgan fingerprint density at radius 2 is 2.36 bits per heavy atom. The van der Waals surface area contributed by atoms with Gasteiger partial charge in [-0.2, -0.15) is 0 Å². The molecule has 0 aliphatic heterocycles. The van der Waals surface area contributed by atoms with Crippen LogP contribution in [0, 0.1) is 6.92 Å². The van der Waals surface area contributed by atoms with Gasteiger partial charge in [0.05, 0.1) is 15.6 Å². The topological polar surface area (TPSA) is 59.1 Å². The summed E-state index contributed by atoms with van der Waals surface area (Å²) in [5.41, 5.74) is 6.39. The third kappa shape index (κ3) is 1.69. The van der Waals surface area contributed by atoms with E-state index >= 15 is 0 Å². The summed E-state index contributed by atoms with van der Waals surface area (Å²) in [5, 5.41) is 10.8. The molecule has 1 atom stereocenters. The second-order valence-corrected chi connectivity index (χ2v) is 4.94. The molecule has 0 aromatic carbocycles. The minimum Gasteiger partial charge on any atom is -0.386 e. The van der Waals surface area contributed by atoms with E-state index in [-0.39, 0.29) is 6.54 Å². The molecule has 1 unspecified atom stereocenters. The number of hydrogen-bond acceptors (Lipinski definition) is 4. The zero-order chi connectivity index (χ0) is 10.1. The van der Waals surface area contributed by atoms with Crippen LogP contribution in [0.5, 0.6) is 0 Å². The molecule has 2 rings (SSSR count). The highest BCUT2D eigenvalue weighted by atomic mass is 32.1. The molecule has 0 saturated heterocycles. The number of nitrogens with zero attached hydrogens (tertiary/aromatic N) is 1. The van der Waals surface area contributed by atoms with E-state index in [0.717, 1.165) is 10.6 Å². The van der Waals surface area contributed by atoms with Crippen LogP contribution in [0.15, 0.2) is 0 Å². The number of aliphatic hydroxyl groups excluding tert-OH is 1. The number of aromatic nitrogens is 1. The Morgan fingerprint density at radius 3 is 2.86 bits per heavy atom. The van der Waals surface area contributed by atoms with Gasteiger partial charge in [0, 0.05) is 12.5 Å². The van der Waals surface area contributed by atoms with Crippen molar-refractivity contribution in [1.82, 2.24) is 4.98 Å². The first kappa shape index (κ1) is 10.1. The van der Waals surface area contributed by atoms with E-state index in [0.29, 0.717) is 5.92 Å². The molecule has 1 aromatic rings. The molecule has 1 aliphatic carbocycles. The van der Waals surface area contributed by atoms with Crippen molar-refractivity contribution in [3.05, 3.63) is 15.6 Å². The molecule has 1 fully saturated rings. The largest absolute Gasteiger partial charge is 0.386 e. The number of hydrogen-bond donors (Lipinski definition) is 2. The van der Waals surface area contributed by atoms with Gasteiger partial charge in [-0.15, -0.1) is 11.3 Å². The van der Waals surface area contributed by atoms with Crippen molar-refractivity contribution in [1.29, 1.82) is 0 Å². The maximum Gasteiger partial charge on any atom is 0.102 e. The Hall–Kier alpha value is -0.450. The summed E-state index contributed by atoms with van der Waals surface area (Å²) in [6.45, 7) is 2.24. The average Bonchev–Trinajstić information content (AvgIpc) is 2.43. The first-order valence-corrected chi connectivity index (χ1v) is 5.89. The summed E-state index contributed by atoms with van der Waals surface area (Å²) in [6, 6.07) is 0. The van der Waals surface area contributed by atoms with Gasteiger partial charge in [0.2, 0.25) is 0 Å². The van der Waals surface area contributed by atoms with E-state index < -0.39 is 6.10 Å². The standard InChI is InChI=1S/C10H16N2OS/c1-6-9(8(13)5-11)14-10(12-6)7-3-2-4-7/h7-8,13H,2-5,11H2,1H3. The molecule has 1 aromatic heterocycles. The summed E-state index contributed by atoms with van der Waals surface area (Å²) in [5.74, 6) is 0.650. The van der Waals surface area contributed by atoms with Gasteiger partial charge in [-0.05, 0) is 19.8 Å². The maximum atomic E-state index is 9.64. The molecule has 4 heteroatoms. The van der Waals surface area contributed by atoms with Crippen molar-refractivity contribution in [2.45, 2.75) is 38.2 Å². The molecule has 3 nitrogen and oxygen atoms in total. The van der Waals surface area contributed by atoms with E-state index in [2.05, 4.69) is 4.98 Å². The molecule has 0 radical (unpaired) electrons. The van der Waals surface area contributed by atoms with Gasteiger partial charge in [0.15, 0.2) is 0 Å². The molecule has 78 valence electrons. The SMILES string of the molecule is Cc1nc(C2CCC2)sc1C(O)CN. The molecule has 0 amide bonds. The van der Waals surface area contributed by atoms with Crippen molar-refractivity contribution >= 4 is 11.3 Å². The maximum absolute atomic E-state index is 9.64. The van der Waals surface area contributed by atoms with Crippen LogP contribution >= 0.6 is 11.3 Å². The Kier molecular flexibility index (Phi) is 2.85. The van der Waals surface area contributed by atoms with Gasteiger partial charge in [-0.1, -0.05) is 6.42 Å². The number of rotatable bonds is 3. The fourth-order valence-corrected chi connectivity index (χ4v) is 2.91. The van der Waals surface area contributed by atoms with Crippen molar-refractivity contribution in [2.75, 3.05) is 6.54 Å². The highest BCUT2D eigenvalue weighted by Crippen LogP contribution is 2.40. The number of nitrogens with two attached hydrogens (primary N) is 1. The predicted molar refractivity (Wildman–Crippen MR) is 57.5 cm³/mol. The van der Waals surface area contributed by atoms with Crippen molar-refractivity contribution < 1.29 is 5.11 Å². The van der Waals surface area contributed by atoms with E-state index in [4.69, 9.17) is 5.73 Å². The first-order valence-electron chi connectivity index (χ1n) is 5.07. The molecular weight excluding hydrogens is 196 g/mol. The molecule has 0 bridgehead atoms. The highest BCUT2D eigenvalue weighted by Gasteiger charge is 2.25. The van der Waals surface area contributed by atoms with Crippen LogP contribution in [0.3, 0.4) is 0 Å². The quantitative estimate of drug-likeness (QED) is 0.802. The Labute approximate surface area is 88.0 Å². The average molecular weight is 212 g/mol. The second-order valence-electron chi connectivity index (χ2n) is 3.88.